The Labute approximate surface area is 185 Å². The van der Waals surface area contributed by atoms with Crippen molar-refractivity contribution in [2.45, 2.75) is 56.9 Å². The molecule has 2 aromatic rings. The summed E-state index contributed by atoms with van der Waals surface area (Å²) in [5.74, 6) is 2.36. The highest BCUT2D eigenvalue weighted by Gasteiger charge is 2.22. The van der Waals surface area contributed by atoms with Gasteiger partial charge in [-0.3, -0.25) is 10.4 Å². The van der Waals surface area contributed by atoms with Crippen LogP contribution >= 0.6 is 0 Å². The summed E-state index contributed by atoms with van der Waals surface area (Å²) in [7, 11) is 1.90. The molecule has 1 saturated heterocycles. The zero-order valence-corrected chi connectivity index (χ0v) is 18.5. The number of carbonyl (C=O) groups is 1. The van der Waals surface area contributed by atoms with Gasteiger partial charge in [-0.25, -0.2) is 9.99 Å². The largest absolute Gasteiger partial charge is 0.354 e. The number of carbonyl (C=O) groups excluding carboxylic acids is 1. The van der Waals surface area contributed by atoms with Crippen LogP contribution in [0.1, 0.15) is 56.4 Å². The van der Waals surface area contributed by atoms with E-state index < -0.39 is 0 Å². The molecule has 0 amide bonds. The molecule has 166 valence electrons. The molecular weight excluding hydrogens is 388 g/mol. The molecule has 1 saturated carbocycles. The van der Waals surface area contributed by atoms with Crippen molar-refractivity contribution < 1.29 is 4.79 Å². The molecule has 0 bridgehead atoms. The van der Waals surface area contributed by atoms with Gasteiger partial charge in [0, 0.05) is 31.9 Å². The van der Waals surface area contributed by atoms with Crippen molar-refractivity contribution in [2.75, 3.05) is 36.9 Å². The minimum absolute atomic E-state index is 0.296. The maximum absolute atomic E-state index is 10.7. The number of piperidine rings is 1. The van der Waals surface area contributed by atoms with Gasteiger partial charge in [-0.15, -0.1) is 0 Å². The molecular formula is C24H34N6O. The van der Waals surface area contributed by atoms with E-state index in [2.05, 4.69) is 44.9 Å². The number of aromatic nitrogens is 2. The van der Waals surface area contributed by atoms with E-state index in [9.17, 15) is 4.79 Å². The first-order valence-electron chi connectivity index (χ1n) is 11.6. The lowest BCUT2D eigenvalue weighted by Gasteiger charge is -2.35. The van der Waals surface area contributed by atoms with Crippen LogP contribution in [0.4, 0.5) is 17.3 Å². The fourth-order valence-corrected chi connectivity index (χ4v) is 4.76. The summed E-state index contributed by atoms with van der Waals surface area (Å²) in [6.45, 7) is 2.19. The summed E-state index contributed by atoms with van der Waals surface area (Å²) in [4.78, 5) is 22.2. The van der Waals surface area contributed by atoms with Gasteiger partial charge in [0.05, 0.1) is 18.9 Å². The number of aldehydes is 1. The van der Waals surface area contributed by atoms with Crippen LogP contribution in [0.15, 0.2) is 36.7 Å². The van der Waals surface area contributed by atoms with E-state index in [0.717, 1.165) is 55.5 Å². The molecule has 1 aromatic heterocycles. The lowest BCUT2D eigenvalue weighted by Crippen LogP contribution is -2.51. The van der Waals surface area contributed by atoms with E-state index in [4.69, 9.17) is 4.98 Å². The van der Waals surface area contributed by atoms with Crippen molar-refractivity contribution in [2.24, 2.45) is 0 Å². The van der Waals surface area contributed by atoms with Gasteiger partial charge >= 0.3 is 0 Å². The molecule has 0 unspecified atom stereocenters. The third kappa shape index (κ3) is 6.02. The Hall–Kier alpha value is -2.51. The van der Waals surface area contributed by atoms with Crippen LogP contribution in [0.5, 0.6) is 0 Å². The monoisotopic (exact) mass is 422 g/mol. The Balaban J connectivity index is 1.37. The van der Waals surface area contributed by atoms with Crippen LogP contribution < -0.4 is 15.6 Å². The SMILES string of the molecule is CN(CC=O)N[C@@H]1CCCN(c2cncc(Nc3ccc(C4CCCCC4)cc3)n2)C1. The molecule has 1 aliphatic carbocycles. The number of anilines is 3. The standard InChI is InChI=1S/C24H34N6O/c1-29(14-15-31)28-22-8-5-13-30(18-22)24-17-25-16-23(27-24)26-21-11-9-20(10-12-21)19-6-3-2-4-7-19/h9-12,15-17,19,22,28H,2-8,13-14,18H2,1H3,(H,26,27)/t22-/m1/s1. The van der Waals surface area contributed by atoms with Crippen LogP contribution in [0.2, 0.25) is 0 Å². The van der Waals surface area contributed by atoms with Crippen molar-refractivity contribution in [3.8, 4) is 0 Å². The molecule has 1 atom stereocenters. The van der Waals surface area contributed by atoms with E-state index in [1.807, 2.05) is 18.3 Å². The van der Waals surface area contributed by atoms with Gasteiger partial charge in [-0.1, -0.05) is 31.4 Å². The summed E-state index contributed by atoms with van der Waals surface area (Å²) in [5, 5.41) is 5.26. The van der Waals surface area contributed by atoms with Gasteiger partial charge in [-0.05, 0) is 49.3 Å². The third-order valence-corrected chi connectivity index (χ3v) is 6.38. The highest BCUT2D eigenvalue weighted by Crippen LogP contribution is 2.33. The lowest BCUT2D eigenvalue weighted by atomic mass is 9.84. The van der Waals surface area contributed by atoms with Crippen LogP contribution in [-0.2, 0) is 4.79 Å². The summed E-state index contributed by atoms with van der Waals surface area (Å²) >= 11 is 0. The molecule has 1 aliphatic heterocycles. The molecule has 4 rings (SSSR count). The van der Waals surface area contributed by atoms with Gasteiger partial charge < -0.3 is 15.0 Å². The first kappa shape index (κ1) is 21.7. The zero-order chi connectivity index (χ0) is 21.5. The zero-order valence-electron chi connectivity index (χ0n) is 18.5. The molecule has 7 heteroatoms. The number of hydrazine groups is 1. The smallest absolute Gasteiger partial charge is 0.151 e. The molecule has 2 N–H and O–H groups in total. The second-order valence-corrected chi connectivity index (χ2v) is 8.81. The summed E-state index contributed by atoms with van der Waals surface area (Å²) < 4.78 is 0. The summed E-state index contributed by atoms with van der Waals surface area (Å²) in [6, 6.07) is 9.12. The Morgan fingerprint density at radius 2 is 1.90 bits per heavy atom. The number of rotatable bonds is 8. The molecule has 7 nitrogen and oxygen atoms in total. The second kappa shape index (κ2) is 10.7. The molecule has 0 radical (unpaired) electrons. The Bertz CT molecular complexity index is 836. The molecule has 2 heterocycles. The molecule has 31 heavy (non-hydrogen) atoms. The number of nitrogens with one attached hydrogen (secondary N) is 2. The average Bonchev–Trinajstić information content (AvgIpc) is 2.81. The van der Waals surface area contributed by atoms with E-state index in [1.54, 1.807) is 6.20 Å². The second-order valence-electron chi connectivity index (χ2n) is 8.81. The predicted octanol–water partition coefficient (Wildman–Crippen LogP) is 3.87. The quantitative estimate of drug-likeness (QED) is 0.494. The van der Waals surface area contributed by atoms with Gasteiger partial charge in [0.25, 0.3) is 0 Å². The number of hydrogen-bond donors (Lipinski definition) is 2. The Kier molecular flexibility index (Phi) is 7.48. The van der Waals surface area contributed by atoms with Crippen LogP contribution in [0.3, 0.4) is 0 Å². The normalized spacial score (nSPS) is 20.1. The van der Waals surface area contributed by atoms with E-state index in [-0.39, 0.29) is 0 Å². The fraction of sp³-hybridized carbons (Fsp3) is 0.542. The van der Waals surface area contributed by atoms with E-state index >= 15 is 0 Å². The van der Waals surface area contributed by atoms with Crippen LogP contribution in [0, 0.1) is 0 Å². The van der Waals surface area contributed by atoms with Gasteiger partial charge in [0.15, 0.2) is 5.82 Å². The van der Waals surface area contributed by atoms with Crippen LogP contribution in [0.25, 0.3) is 0 Å². The molecule has 2 aliphatic rings. The minimum atomic E-state index is 0.296. The first-order valence-corrected chi connectivity index (χ1v) is 11.6. The van der Waals surface area contributed by atoms with Crippen molar-refractivity contribution >= 4 is 23.6 Å². The molecule has 2 fully saturated rings. The van der Waals surface area contributed by atoms with Crippen molar-refractivity contribution in [3.63, 3.8) is 0 Å². The Morgan fingerprint density at radius 1 is 1.10 bits per heavy atom. The average molecular weight is 423 g/mol. The number of hydrogen-bond acceptors (Lipinski definition) is 7. The van der Waals surface area contributed by atoms with Crippen LogP contribution in [-0.4, -0.2) is 54.0 Å². The van der Waals surface area contributed by atoms with Crippen molar-refractivity contribution in [1.82, 2.24) is 20.4 Å². The predicted molar refractivity (Wildman–Crippen MR) is 125 cm³/mol. The van der Waals surface area contributed by atoms with Gasteiger partial charge in [-0.2, -0.15) is 0 Å². The maximum atomic E-state index is 10.7. The Morgan fingerprint density at radius 3 is 2.68 bits per heavy atom. The summed E-state index contributed by atoms with van der Waals surface area (Å²) in [6.07, 6.45) is 13.4. The number of nitrogens with zero attached hydrogens (tertiary/aromatic N) is 4. The highest BCUT2D eigenvalue weighted by molar-refractivity contribution is 5.57. The van der Waals surface area contributed by atoms with Gasteiger partial charge in [0.1, 0.15) is 12.1 Å². The van der Waals surface area contributed by atoms with Gasteiger partial charge in [0.2, 0.25) is 0 Å². The molecule has 1 aromatic carbocycles. The van der Waals surface area contributed by atoms with Crippen molar-refractivity contribution in [3.05, 3.63) is 42.2 Å². The lowest BCUT2D eigenvalue weighted by molar-refractivity contribution is -0.109. The molecule has 0 spiro atoms. The number of likely N-dealkylation sites (N-methyl/N-ethyl adjacent to an activating group) is 1. The number of benzene rings is 1. The fourth-order valence-electron chi connectivity index (χ4n) is 4.76. The van der Waals surface area contributed by atoms with E-state index in [0.29, 0.717) is 12.6 Å². The summed E-state index contributed by atoms with van der Waals surface area (Å²) in [5.41, 5.74) is 5.90. The topological polar surface area (TPSA) is 73.4 Å². The highest BCUT2D eigenvalue weighted by atomic mass is 16.1. The minimum Gasteiger partial charge on any atom is -0.354 e. The maximum Gasteiger partial charge on any atom is 0.151 e. The van der Waals surface area contributed by atoms with E-state index in [1.165, 1.54) is 37.7 Å². The third-order valence-electron chi connectivity index (χ3n) is 6.38. The first-order chi connectivity index (χ1) is 15.2. The van der Waals surface area contributed by atoms with Crippen molar-refractivity contribution in [1.29, 1.82) is 0 Å².